The Morgan fingerprint density at radius 3 is 1.76 bits per heavy atom. The Bertz CT molecular complexity index is 294. The summed E-state index contributed by atoms with van der Waals surface area (Å²) in [5.74, 6) is 2.08. The number of hydrogen-bond acceptors (Lipinski definition) is 2. The molecule has 1 heterocycles. The van der Waals surface area contributed by atoms with Gasteiger partial charge >= 0.3 is 7.12 Å². The van der Waals surface area contributed by atoms with Crippen molar-refractivity contribution in [2.45, 2.75) is 104 Å². The maximum atomic E-state index is 5.94. The average Bonchev–Trinajstić information content (AvgIpc) is 2.60. The van der Waals surface area contributed by atoms with Gasteiger partial charge in [0.05, 0.1) is 11.2 Å². The van der Waals surface area contributed by atoms with E-state index in [9.17, 15) is 0 Å². The maximum absolute atomic E-state index is 5.94. The van der Waals surface area contributed by atoms with Gasteiger partial charge in [0.2, 0.25) is 0 Å². The van der Waals surface area contributed by atoms with Crippen LogP contribution in [0.5, 0.6) is 0 Å². The van der Waals surface area contributed by atoms with Gasteiger partial charge in [-0.1, -0.05) is 63.9 Å². The Balaban J connectivity index is 2.04. The van der Waals surface area contributed by atoms with Crippen molar-refractivity contribution >= 4 is 7.12 Å². The quantitative estimate of drug-likeness (QED) is 0.380. The molecule has 1 aliphatic rings. The number of unbranched alkanes of at least 4 members (excludes halogenated alkanes) is 8. The van der Waals surface area contributed by atoms with E-state index < -0.39 is 0 Å². The van der Waals surface area contributed by atoms with Crippen molar-refractivity contribution in [3.05, 3.63) is 12.1 Å². The summed E-state index contributed by atoms with van der Waals surface area (Å²) in [6.07, 6.45) is 14.3. The molecule has 122 valence electrons. The van der Waals surface area contributed by atoms with Gasteiger partial charge in [0.25, 0.3) is 0 Å². The summed E-state index contributed by atoms with van der Waals surface area (Å²) >= 11 is 0. The van der Waals surface area contributed by atoms with Gasteiger partial charge in [-0.05, 0) is 40.5 Å². The SMILES string of the molecule is CCCCCCCCCC/C=C/B1OC(C)(C)C(C)(C)O1. The molecule has 0 bridgehead atoms. The Morgan fingerprint density at radius 2 is 1.24 bits per heavy atom. The van der Waals surface area contributed by atoms with Crippen LogP contribution in [0.2, 0.25) is 0 Å². The lowest BCUT2D eigenvalue weighted by Crippen LogP contribution is -2.41. The lowest BCUT2D eigenvalue weighted by atomic mass is 9.89. The van der Waals surface area contributed by atoms with Crippen LogP contribution in [0, 0.1) is 0 Å². The van der Waals surface area contributed by atoms with Crippen LogP contribution in [0.15, 0.2) is 12.1 Å². The molecule has 21 heavy (non-hydrogen) atoms. The van der Waals surface area contributed by atoms with E-state index in [0.29, 0.717) is 0 Å². The Hall–Kier alpha value is -0.275. The van der Waals surface area contributed by atoms with E-state index >= 15 is 0 Å². The second-order valence-electron chi connectivity index (χ2n) is 7.32. The first kappa shape index (κ1) is 18.8. The predicted molar refractivity (Wildman–Crippen MR) is 92.4 cm³/mol. The second-order valence-corrected chi connectivity index (χ2v) is 7.32. The minimum atomic E-state index is -0.222. The minimum absolute atomic E-state index is 0.177. The third-order valence-corrected chi connectivity index (χ3v) is 4.79. The summed E-state index contributed by atoms with van der Waals surface area (Å²) in [4.78, 5) is 0. The Kier molecular flexibility index (Phi) is 8.04. The van der Waals surface area contributed by atoms with Crippen molar-refractivity contribution in [1.29, 1.82) is 0 Å². The van der Waals surface area contributed by atoms with E-state index in [-0.39, 0.29) is 18.3 Å². The second kappa shape index (κ2) is 9.00. The summed E-state index contributed by atoms with van der Waals surface area (Å²) in [7, 11) is -0.177. The molecule has 0 amide bonds. The summed E-state index contributed by atoms with van der Waals surface area (Å²) in [5, 5.41) is 0. The summed E-state index contributed by atoms with van der Waals surface area (Å²) in [6.45, 7) is 10.7. The highest BCUT2D eigenvalue weighted by molar-refractivity contribution is 6.51. The third kappa shape index (κ3) is 6.56. The van der Waals surface area contributed by atoms with Crippen LogP contribution in [-0.2, 0) is 9.31 Å². The van der Waals surface area contributed by atoms with Crippen molar-refractivity contribution in [2.75, 3.05) is 0 Å². The number of allylic oxidation sites excluding steroid dienone is 1. The lowest BCUT2D eigenvalue weighted by Gasteiger charge is -2.32. The molecule has 1 saturated heterocycles. The molecule has 0 aromatic rings. The van der Waals surface area contributed by atoms with E-state index in [0.717, 1.165) is 6.42 Å². The van der Waals surface area contributed by atoms with Crippen LogP contribution in [0.25, 0.3) is 0 Å². The fraction of sp³-hybridized carbons (Fsp3) is 0.889. The van der Waals surface area contributed by atoms with Gasteiger partial charge in [0.15, 0.2) is 0 Å². The van der Waals surface area contributed by atoms with E-state index in [1.54, 1.807) is 0 Å². The zero-order chi connectivity index (χ0) is 15.8. The van der Waals surface area contributed by atoms with Gasteiger partial charge in [-0.25, -0.2) is 0 Å². The van der Waals surface area contributed by atoms with E-state index in [2.05, 4.69) is 46.7 Å². The Labute approximate surface area is 132 Å². The molecule has 0 radical (unpaired) electrons. The van der Waals surface area contributed by atoms with E-state index in [1.807, 2.05) is 0 Å². The minimum Gasteiger partial charge on any atom is -0.400 e. The smallest absolute Gasteiger partial charge is 0.400 e. The zero-order valence-electron chi connectivity index (χ0n) is 14.9. The molecule has 0 saturated carbocycles. The van der Waals surface area contributed by atoms with Crippen molar-refractivity contribution < 1.29 is 9.31 Å². The average molecular weight is 294 g/mol. The van der Waals surface area contributed by atoms with Crippen LogP contribution in [-0.4, -0.2) is 18.3 Å². The molecule has 2 nitrogen and oxygen atoms in total. The first-order chi connectivity index (χ1) is 9.89. The maximum Gasteiger partial charge on any atom is 0.486 e. The lowest BCUT2D eigenvalue weighted by molar-refractivity contribution is 0.00578. The molecule has 0 aliphatic carbocycles. The van der Waals surface area contributed by atoms with Gasteiger partial charge < -0.3 is 9.31 Å². The van der Waals surface area contributed by atoms with Gasteiger partial charge in [0.1, 0.15) is 0 Å². The molecule has 3 heteroatoms. The standard InChI is InChI=1S/C18H35BO2/c1-6-7-8-9-10-11-12-13-14-15-16-19-20-17(2,3)18(4,5)21-19/h15-16H,6-14H2,1-5H3/b16-15+. The molecular formula is C18H35BO2. The highest BCUT2D eigenvalue weighted by Crippen LogP contribution is 2.36. The molecule has 0 atom stereocenters. The van der Waals surface area contributed by atoms with Crippen LogP contribution >= 0.6 is 0 Å². The van der Waals surface area contributed by atoms with Crippen LogP contribution < -0.4 is 0 Å². The number of rotatable bonds is 10. The van der Waals surface area contributed by atoms with E-state index in [1.165, 1.54) is 51.4 Å². The Morgan fingerprint density at radius 1 is 0.762 bits per heavy atom. The molecule has 0 N–H and O–H groups in total. The fourth-order valence-electron chi connectivity index (χ4n) is 2.57. The monoisotopic (exact) mass is 294 g/mol. The fourth-order valence-corrected chi connectivity index (χ4v) is 2.57. The number of hydrogen-bond donors (Lipinski definition) is 0. The van der Waals surface area contributed by atoms with Crippen LogP contribution in [0.3, 0.4) is 0 Å². The molecule has 0 aromatic carbocycles. The molecule has 1 fully saturated rings. The highest BCUT2D eigenvalue weighted by atomic mass is 16.7. The van der Waals surface area contributed by atoms with Crippen molar-refractivity contribution in [3.8, 4) is 0 Å². The largest absolute Gasteiger partial charge is 0.486 e. The zero-order valence-corrected chi connectivity index (χ0v) is 14.9. The highest BCUT2D eigenvalue weighted by Gasteiger charge is 2.49. The molecular weight excluding hydrogens is 259 g/mol. The first-order valence-electron chi connectivity index (χ1n) is 8.91. The van der Waals surface area contributed by atoms with Gasteiger partial charge in [-0.15, -0.1) is 0 Å². The molecule has 1 aliphatic heterocycles. The van der Waals surface area contributed by atoms with Gasteiger partial charge in [-0.3, -0.25) is 0 Å². The van der Waals surface area contributed by atoms with Gasteiger partial charge in [0, 0.05) is 0 Å². The first-order valence-corrected chi connectivity index (χ1v) is 8.91. The summed E-state index contributed by atoms with van der Waals surface area (Å²) in [6, 6.07) is 0. The third-order valence-electron chi connectivity index (χ3n) is 4.79. The van der Waals surface area contributed by atoms with Crippen LogP contribution in [0.4, 0.5) is 0 Å². The van der Waals surface area contributed by atoms with Crippen molar-refractivity contribution in [3.63, 3.8) is 0 Å². The van der Waals surface area contributed by atoms with Crippen molar-refractivity contribution in [1.82, 2.24) is 0 Å². The van der Waals surface area contributed by atoms with Crippen molar-refractivity contribution in [2.24, 2.45) is 0 Å². The molecule has 0 unspecified atom stereocenters. The molecule has 0 aromatic heterocycles. The van der Waals surface area contributed by atoms with E-state index in [4.69, 9.17) is 9.31 Å². The normalized spacial score (nSPS) is 20.5. The topological polar surface area (TPSA) is 18.5 Å². The van der Waals surface area contributed by atoms with Crippen LogP contribution in [0.1, 0.15) is 92.4 Å². The molecule has 0 spiro atoms. The molecule has 1 rings (SSSR count). The summed E-state index contributed by atoms with van der Waals surface area (Å²) in [5.41, 5.74) is -0.443. The van der Waals surface area contributed by atoms with Gasteiger partial charge in [-0.2, -0.15) is 0 Å². The predicted octanol–water partition coefficient (Wildman–Crippen LogP) is 5.70. The summed E-state index contributed by atoms with van der Waals surface area (Å²) < 4.78 is 11.9.